The van der Waals surface area contributed by atoms with Gasteiger partial charge in [0, 0.05) is 15.1 Å². The zero-order valence-corrected chi connectivity index (χ0v) is 5.92. The molecule has 1 N–H and O–H groups in total. The maximum absolute atomic E-state index is 10.7. The van der Waals surface area contributed by atoms with Crippen LogP contribution in [0.3, 0.4) is 0 Å². The fourth-order valence-electron chi connectivity index (χ4n) is 0.358. The second-order valence-electron chi connectivity index (χ2n) is 2.06. The standard InChI is InChI=1S/C7H15NO3/c1-8(2,3)5-6(9)4-7(10)11/h6,9H,4-5H2,1-3H3/i1D,2D3,4D2,5D2,6D. The van der Waals surface area contributed by atoms with Crippen LogP contribution in [0.1, 0.15) is 18.7 Å². The maximum Gasteiger partial charge on any atom is 0.108 e. The molecular weight excluding hydrogens is 146 g/mol. The average molecular weight is 170 g/mol. The Morgan fingerprint density at radius 2 is 2.73 bits per heavy atom. The first-order valence-corrected chi connectivity index (χ1v) is 2.59. The molecule has 4 heteroatoms. The molecule has 0 bridgehead atoms. The van der Waals surface area contributed by atoms with Crippen molar-refractivity contribution in [2.75, 3.05) is 27.5 Å². The third kappa shape index (κ3) is 7.29. The molecule has 11 heavy (non-hydrogen) atoms. The van der Waals surface area contributed by atoms with Gasteiger partial charge in [-0.25, -0.2) is 0 Å². The number of carboxylic acid groups (broad SMARTS) is 1. The highest BCUT2D eigenvalue weighted by molar-refractivity contribution is 5.64. The quantitative estimate of drug-likeness (QED) is 0.506. The first kappa shape index (κ1) is 2.71. The summed E-state index contributed by atoms with van der Waals surface area (Å²) in [4.78, 5) is 10.7. The minimum atomic E-state index is -4.00. The Morgan fingerprint density at radius 1 is 2.09 bits per heavy atom. The number of quaternary nitrogens is 1. The second-order valence-corrected chi connectivity index (χ2v) is 2.06. The van der Waals surface area contributed by atoms with Crippen LogP contribution in [0.15, 0.2) is 0 Å². The summed E-state index contributed by atoms with van der Waals surface area (Å²) in [5.41, 5.74) is 0. The van der Waals surface area contributed by atoms with Crippen LogP contribution in [-0.4, -0.2) is 49.2 Å². The van der Waals surface area contributed by atoms with Crippen molar-refractivity contribution in [3.63, 3.8) is 0 Å². The summed E-state index contributed by atoms with van der Waals surface area (Å²) < 4.78 is 63.5. The van der Waals surface area contributed by atoms with E-state index in [1.54, 1.807) is 0 Å². The summed E-state index contributed by atoms with van der Waals surface area (Å²) in [5.74, 6) is -2.57. The zero-order valence-electron chi connectivity index (χ0n) is 14.9. The molecule has 0 aliphatic rings. The lowest BCUT2D eigenvalue weighted by Gasteiger charge is -2.26. The van der Waals surface area contributed by atoms with Crippen LogP contribution in [0, 0.1) is 0 Å². The van der Waals surface area contributed by atoms with E-state index in [1.807, 2.05) is 0 Å². The summed E-state index contributed by atoms with van der Waals surface area (Å²) in [5, 5.41) is 20.4. The largest absolute Gasteiger partial charge is 0.550 e. The van der Waals surface area contributed by atoms with Crippen molar-refractivity contribution < 1.29 is 31.8 Å². The van der Waals surface area contributed by atoms with Crippen molar-refractivity contribution in [3.05, 3.63) is 0 Å². The Labute approximate surface area is 79.3 Å². The van der Waals surface area contributed by atoms with Crippen LogP contribution >= 0.6 is 0 Å². The molecule has 0 aromatic carbocycles. The Hall–Kier alpha value is -0.610. The number of hydrogen-bond acceptors (Lipinski definition) is 3. The van der Waals surface area contributed by atoms with Gasteiger partial charge in [0.15, 0.2) is 0 Å². The van der Waals surface area contributed by atoms with Crippen molar-refractivity contribution in [1.82, 2.24) is 0 Å². The molecule has 4 nitrogen and oxygen atoms in total. The number of nitrogens with zero attached hydrogens (tertiary/aromatic N) is 1. The van der Waals surface area contributed by atoms with Gasteiger partial charge in [-0.05, 0) is 0 Å². The predicted molar refractivity (Wildman–Crippen MR) is 38.5 cm³/mol. The van der Waals surface area contributed by atoms with Crippen LogP contribution < -0.4 is 5.11 Å². The SMILES string of the molecule is [2H]C[N+](C)(C([2H])([2H])[2H])C([2H])([2H])C([2H])(O)C([2H])([2H])C(=O)[O-]. The van der Waals surface area contributed by atoms with Crippen LogP contribution in [0.4, 0.5) is 0 Å². The van der Waals surface area contributed by atoms with Gasteiger partial charge in [-0.3, -0.25) is 0 Å². The van der Waals surface area contributed by atoms with Crippen LogP contribution in [-0.2, 0) is 4.79 Å². The molecule has 0 aromatic heterocycles. The van der Waals surface area contributed by atoms with E-state index in [0.717, 1.165) is 0 Å². The fraction of sp³-hybridized carbons (Fsp3) is 0.857. The lowest BCUT2D eigenvalue weighted by atomic mass is 10.2. The summed E-state index contributed by atoms with van der Waals surface area (Å²) in [6.45, 7) is -6.87. The van der Waals surface area contributed by atoms with E-state index in [2.05, 4.69) is 0 Å². The van der Waals surface area contributed by atoms with E-state index in [0.29, 0.717) is 7.05 Å². The van der Waals surface area contributed by atoms with Gasteiger partial charge in [-0.15, -0.1) is 0 Å². The number of carbonyl (C=O) groups excluding carboxylic acids is 1. The lowest BCUT2D eigenvalue weighted by Crippen LogP contribution is -2.43. The number of carbonyl (C=O) groups is 1. The highest BCUT2D eigenvalue weighted by Gasteiger charge is 2.14. The third-order valence-corrected chi connectivity index (χ3v) is 0.573. The van der Waals surface area contributed by atoms with E-state index in [4.69, 9.17) is 12.3 Å². The van der Waals surface area contributed by atoms with Gasteiger partial charge in [0.2, 0.25) is 0 Å². The van der Waals surface area contributed by atoms with Crippen LogP contribution in [0.5, 0.6) is 0 Å². The molecule has 0 heterocycles. The molecule has 0 aliphatic carbocycles. The van der Waals surface area contributed by atoms with E-state index in [1.165, 1.54) is 0 Å². The Morgan fingerprint density at radius 3 is 3.09 bits per heavy atom. The van der Waals surface area contributed by atoms with Crippen molar-refractivity contribution >= 4 is 5.97 Å². The number of aliphatic carboxylic acids is 1. The van der Waals surface area contributed by atoms with Gasteiger partial charge in [0.1, 0.15) is 12.6 Å². The van der Waals surface area contributed by atoms with Gasteiger partial charge >= 0.3 is 0 Å². The van der Waals surface area contributed by atoms with Gasteiger partial charge in [-0.1, -0.05) is 0 Å². The zero-order chi connectivity index (χ0) is 16.8. The molecule has 0 spiro atoms. The molecule has 0 aliphatic heterocycles. The van der Waals surface area contributed by atoms with Gasteiger partial charge in [-0.2, -0.15) is 0 Å². The highest BCUT2D eigenvalue weighted by Crippen LogP contribution is 1.97. The number of carboxylic acids is 1. The first-order chi connectivity index (χ1) is 8.50. The smallest absolute Gasteiger partial charge is 0.108 e. The van der Waals surface area contributed by atoms with E-state index < -0.39 is 43.4 Å². The summed E-state index contributed by atoms with van der Waals surface area (Å²) in [7, 11) is -0.529. The molecule has 0 saturated heterocycles. The minimum absolute atomic E-state index is 0.658. The second kappa shape index (κ2) is 3.69. The van der Waals surface area contributed by atoms with Crippen LogP contribution in [0.2, 0.25) is 0 Å². The van der Waals surface area contributed by atoms with Gasteiger partial charge in [0.25, 0.3) is 0 Å². The summed E-state index contributed by atoms with van der Waals surface area (Å²) in [6, 6.07) is 0. The Bertz CT molecular complexity index is 393. The molecule has 0 saturated carbocycles. The molecule has 0 radical (unpaired) electrons. The number of likely N-dealkylation sites (N-methyl/N-ethyl adjacent to an activating group) is 1. The van der Waals surface area contributed by atoms with Crippen molar-refractivity contribution in [1.29, 1.82) is 0 Å². The van der Waals surface area contributed by atoms with Crippen molar-refractivity contribution in [3.8, 4) is 0 Å². The number of aliphatic hydroxyl groups is 1. The fourth-order valence-corrected chi connectivity index (χ4v) is 0.358. The van der Waals surface area contributed by atoms with Gasteiger partial charge < -0.3 is 19.5 Å². The molecule has 0 rings (SSSR count). The van der Waals surface area contributed by atoms with Crippen molar-refractivity contribution in [2.24, 2.45) is 0 Å². The Balaban J connectivity index is 6.15. The molecule has 0 fully saturated rings. The molecule has 2 atom stereocenters. The number of hydrogen-bond donors (Lipinski definition) is 1. The molecular formula is C7H15NO3. The third-order valence-electron chi connectivity index (χ3n) is 0.573. The normalized spacial score (nSPS) is 37.5. The van der Waals surface area contributed by atoms with Crippen molar-refractivity contribution in [2.45, 2.75) is 12.5 Å². The number of rotatable bonds is 4. The maximum atomic E-state index is 10.7. The minimum Gasteiger partial charge on any atom is -0.550 e. The average Bonchev–Trinajstić information content (AvgIpc) is 2.25. The van der Waals surface area contributed by atoms with Gasteiger partial charge in [0.05, 0.1) is 30.6 Å². The molecule has 0 amide bonds. The van der Waals surface area contributed by atoms with E-state index in [-0.39, 0.29) is 0 Å². The molecule has 0 aromatic rings. The summed E-state index contributed by atoms with van der Waals surface area (Å²) >= 11 is 0. The topological polar surface area (TPSA) is 60.4 Å². The molecule has 66 valence electrons. The highest BCUT2D eigenvalue weighted by atomic mass is 16.4. The predicted octanol–water partition coefficient (Wildman–Crippen LogP) is -1.81. The first-order valence-electron chi connectivity index (χ1n) is 7.30. The monoisotopic (exact) mass is 170 g/mol. The van der Waals surface area contributed by atoms with Crippen LogP contribution in [0.25, 0.3) is 0 Å². The van der Waals surface area contributed by atoms with E-state index in [9.17, 15) is 15.0 Å². The summed E-state index contributed by atoms with van der Waals surface area (Å²) in [6.07, 6.45) is -7.89. The van der Waals surface area contributed by atoms with E-state index >= 15 is 0 Å². The lowest BCUT2D eigenvalue weighted by molar-refractivity contribution is -0.873. The Kier molecular flexibility index (Phi) is 0.908. The molecule has 2 unspecified atom stereocenters.